The monoisotopic (exact) mass is 322 g/mol. The molecule has 1 amide bonds. The van der Waals surface area contributed by atoms with Crippen LogP contribution in [0.3, 0.4) is 0 Å². The fourth-order valence-electron chi connectivity index (χ4n) is 2.85. The predicted molar refractivity (Wildman–Crippen MR) is 88.9 cm³/mol. The van der Waals surface area contributed by atoms with Gasteiger partial charge in [0.05, 0.1) is 0 Å². The summed E-state index contributed by atoms with van der Waals surface area (Å²) < 4.78 is 18.5. The van der Waals surface area contributed by atoms with E-state index in [1.807, 2.05) is 33.8 Å². The second-order valence-corrected chi connectivity index (χ2v) is 7.09. The quantitative estimate of drug-likeness (QED) is 0.869. The van der Waals surface area contributed by atoms with Gasteiger partial charge in [-0.3, -0.25) is 0 Å². The number of carbonyl (C=O) groups is 1. The molecule has 128 valence electrons. The summed E-state index contributed by atoms with van der Waals surface area (Å²) in [6.07, 6.45) is 2.28. The summed E-state index contributed by atoms with van der Waals surface area (Å²) in [5.41, 5.74) is 1.75. The van der Waals surface area contributed by atoms with Crippen LogP contribution < -0.4 is 10.6 Å². The van der Waals surface area contributed by atoms with Crippen molar-refractivity contribution in [3.05, 3.63) is 35.1 Å². The van der Waals surface area contributed by atoms with E-state index in [2.05, 4.69) is 10.6 Å². The molecule has 0 aromatic heterocycles. The fraction of sp³-hybridized carbons (Fsp3) is 0.611. The maximum atomic E-state index is 13.3. The van der Waals surface area contributed by atoms with Crippen LogP contribution in [0.4, 0.5) is 9.18 Å². The molecule has 1 aliphatic carbocycles. The molecule has 5 heteroatoms. The van der Waals surface area contributed by atoms with E-state index in [1.165, 1.54) is 11.6 Å². The first kappa shape index (κ1) is 17.7. The van der Waals surface area contributed by atoms with Crippen LogP contribution in [0.2, 0.25) is 0 Å². The molecule has 0 aliphatic heterocycles. The van der Waals surface area contributed by atoms with Crippen LogP contribution in [0.25, 0.3) is 0 Å². The smallest absolute Gasteiger partial charge is 0.407 e. The average molecular weight is 322 g/mol. The van der Waals surface area contributed by atoms with Crippen molar-refractivity contribution in [2.75, 3.05) is 6.54 Å². The first-order valence-corrected chi connectivity index (χ1v) is 8.29. The Morgan fingerprint density at radius 1 is 1.43 bits per heavy atom. The van der Waals surface area contributed by atoms with E-state index in [4.69, 9.17) is 4.74 Å². The zero-order valence-electron chi connectivity index (χ0n) is 14.4. The molecule has 0 radical (unpaired) electrons. The van der Waals surface area contributed by atoms with Crippen molar-refractivity contribution in [3.63, 3.8) is 0 Å². The number of rotatable bonds is 5. The van der Waals surface area contributed by atoms with Gasteiger partial charge in [-0.15, -0.1) is 0 Å². The van der Waals surface area contributed by atoms with Gasteiger partial charge in [-0.1, -0.05) is 13.0 Å². The normalized spacial score (nSPS) is 18.4. The lowest BCUT2D eigenvalue weighted by atomic mass is 10.1. The van der Waals surface area contributed by atoms with Gasteiger partial charge in [-0.2, -0.15) is 0 Å². The largest absolute Gasteiger partial charge is 0.444 e. The molecule has 0 heterocycles. The number of ether oxygens (including phenoxy) is 1. The van der Waals surface area contributed by atoms with Crippen LogP contribution in [-0.2, 0) is 11.2 Å². The molecule has 1 aromatic rings. The molecule has 2 atom stereocenters. The van der Waals surface area contributed by atoms with Crippen molar-refractivity contribution in [1.82, 2.24) is 10.6 Å². The Balaban J connectivity index is 1.86. The van der Waals surface area contributed by atoms with Gasteiger partial charge in [0.1, 0.15) is 11.4 Å². The van der Waals surface area contributed by atoms with E-state index < -0.39 is 5.60 Å². The van der Waals surface area contributed by atoms with Crippen molar-refractivity contribution >= 4 is 6.09 Å². The number of nitrogens with one attached hydrogen (secondary N) is 2. The Labute approximate surface area is 137 Å². The Morgan fingerprint density at radius 2 is 2.17 bits per heavy atom. The van der Waals surface area contributed by atoms with Crippen molar-refractivity contribution in [2.24, 2.45) is 0 Å². The van der Waals surface area contributed by atoms with Crippen LogP contribution in [-0.4, -0.2) is 24.3 Å². The Morgan fingerprint density at radius 3 is 2.83 bits per heavy atom. The molecule has 0 fully saturated rings. The molecule has 2 rings (SSSR count). The topological polar surface area (TPSA) is 50.4 Å². The zero-order chi connectivity index (χ0) is 17.0. The maximum Gasteiger partial charge on any atom is 0.407 e. The lowest BCUT2D eigenvalue weighted by molar-refractivity contribution is 0.0502. The second kappa shape index (κ2) is 7.30. The Kier molecular flexibility index (Phi) is 5.63. The van der Waals surface area contributed by atoms with Crippen molar-refractivity contribution in [1.29, 1.82) is 0 Å². The van der Waals surface area contributed by atoms with Gasteiger partial charge < -0.3 is 15.4 Å². The molecular formula is C18H27FN2O2. The van der Waals surface area contributed by atoms with Gasteiger partial charge in [0.25, 0.3) is 0 Å². The lowest BCUT2D eigenvalue weighted by Crippen LogP contribution is -2.44. The lowest BCUT2D eigenvalue weighted by Gasteiger charge is -2.24. The Bertz CT molecular complexity index is 554. The number of benzene rings is 1. The standard InChI is InChI=1S/C18H27FN2O2/c1-5-14(21-17(22)23-18(2,3)4)11-20-16-9-6-12-10-13(19)7-8-15(12)16/h7-8,10,14,16,20H,5-6,9,11H2,1-4H3,(H,21,22). The van der Waals surface area contributed by atoms with Crippen molar-refractivity contribution in [3.8, 4) is 0 Å². The first-order valence-electron chi connectivity index (χ1n) is 8.29. The van der Waals surface area contributed by atoms with E-state index in [1.54, 1.807) is 6.07 Å². The number of amides is 1. The summed E-state index contributed by atoms with van der Waals surface area (Å²) in [6.45, 7) is 8.24. The number of hydrogen-bond acceptors (Lipinski definition) is 3. The summed E-state index contributed by atoms with van der Waals surface area (Å²) in [5.74, 6) is -0.178. The zero-order valence-corrected chi connectivity index (χ0v) is 14.4. The number of alkyl carbamates (subject to hydrolysis) is 1. The summed E-state index contributed by atoms with van der Waals surface area (Å²) in [7, 11) is 0. The third-order valence-corrected chi connectivity index (χ3v) is 4.01. The first-order chi connectivity index (χ1) is 10.8. The molecule has 0 saturated heterocycles. The SMILES string of the molecule is CCC(CNC1CCc2cc(F)ccc21)NC(=O)OC(C)(C)C. The minimum atomic E-state index is -0.496. The molecule has 0 saturated carbocycles. The summed E-state index contributed by atoms with van der Waals surface area (Å²) >= 11 is 0. The van der Waals surface area contributed by atoms with Crippen LogP contribution in [0.15, 0.2) is 18.2 Å². The Hall–Kier alpha value is -1.62. The van der Waals surface area contributed by atoms with Crippen LogP contribution >= 0.6 is 0 Å². The van der Waals surface area contributed by atoms with Crippen LogP contribution in [0.5, 0.6) is 0 Å². The third kappa shape index (κ3) is 5.20. The molecule has 0 bridgehead atoms. The molecule has 2 unspecified atom stereocenters. The predicted octanol–water partition coefficient (Wildman–Crippen LogP) is 3.71. The van der Waals surface area contributed by atoms with Crippen molar-refractivity contribution < 1.29 is 13.9 Å². The van der Waals surface area contributed by atoms with Gasteiger partial charge in [-0.25, -0.2) is 9.18 Å². The van der Waals surface area contributed by atoms with Gasteiger partial charge in [0.2, 0.25) is 0 Å². The van der Waals surface area contributed by atoms with Crippen LogP contribution in [0, 0.1) is 5.82 Å². The number of fused-ring (bicyclic) bond motifs is 1. The molecule has 0 spiro atoms. The van der Waals surface area contributed by atoms with Crippen LogP contribution in [0.1, 0.15) is 57.7 Å². The maximum absolute atomic E-state index is 13.3. The third-order valence-electron chi connectivity index (χ3n) is 4.01. The number of halogens is 1. The minimum absolute atomic E-state index is 0.00866. The molecular weight excluding hydrogens is 295 g/mol. The molecule has 1 aliphatic rings. The van der Waals surface area contributed by atoms with Gasteiger partial charge in [-0.05, 0) is 63.3 Å². The molecule has 1 aromatic carbocycles. The number of aryl methyl sites for hydroxylation is 1. The van der Waals surface area contributed by atoms with E-state index in [0.29, 0.717) is 6.54 Å². The fourth-order valence-corrected chi connectivity index (χ4v) is 2.85. The highest BCUT2D eigenvalue weighted by Gasteiger charge is 2.24. The van der Waals surface area contributed by atoms with Gasteiger partial charge in [0.15, 0.2) is 0 Å². The number of hydrogen-bond donors (Lipinski definition) is 2. The van der Waals surface area contributed by atoms with E-state index in [-0.39, 0.29) is 24.0 Å². The summed E-state index contributed by atoms with van der Waals surface area (Å²) in [5, 5.41) is 6.38. The van der Waals surface area contributed by atoms with Gasteiger partial charge >= 0.3 is 6.09 Å². The van der Waals surface area contributed by atoms with Crippen molar-refractivity contribution in [2.45, 2.75) is 64.6 Å². The molecule has 2 N–H and O–H groups in total. The van der Waals surface area contributed by atoms with Gasteiger partial charge in [0, 0.05) is 18.6 Å². The van der Waals surface area contributed by atoms with E-state index in [9.17, 15) is 9.18 Å². The molecule has 23 heavy (non-hydrogen) atoms. The highest BCUT2D eigenvalue weighted by molar-refractivity contribution is 5.68. The second-order valence-electron chi connectivity index (χ2n) is 7.09. The highest BCUT2D eigenvalue weighted by Crippen LogP contribution is 2.31. The van der Waals surface area contributed by atoms with E-state index in [0.717, 1.165) is 24.8 Å². The highest BCUT2D eigenvalue weighted by atomic mass is 19.1. The molecule has 4 nitrogen and oxygen atoms in total. The summed E-state index contributed by atoms with van der Waals surface area (Å²) in [6, 6.07) is 5.22. The minimum Gasteiger partial charge on any atom is -0.444 e. The van der Waals surface area contributed by atoms with E-state index >= 15 is 0 Å². The number of carbonyl (C=O) groups excluding carboxylic acids is 1. The summed E-state index contributed by atoms with van der Waals surface area (Å²) in [4.78, 5) is 11.9. The average Bonchev–Trinajstić information content (AvgIpc) is 2.83.